The maximum absolute atomic E-state index is 12.8. The van der Waals surface area contributed by atoms with Crippen LogP contribution in [-0.2, 0) is 4.79 Å². The van der Waals surface area contributed by atoms with Crippen LogP contribution in [0.4, 0.5) is 0 Å². The zero-order valence-electron chi connectivity index (χ0n) is 14.4. The highest BCUT2D eigenvalue weighted by atomic mass is 16.2. The highest BCUT2D eigenvalue weighted by Crippen LogP contribution is 2.59. The summed E-state index contributed by atoms with van der Waals surface area (Å²) in [6.07, 6.45) is 5.88. The van der Waals surface area contributed by atoms with E-state index in [0.717, 1.165) is 31.8 Å². The second-order valence-corrected chi connectivity index (χ2v) is 9.33. The van der Waals surface area contributed by atoms with Gasteiger partial charge in [-0.2, -0.15) is 0 Å². The van der Waals surface area contributed by atoms with Gasteiger partial charge in [-0.3, -0.25) is 4.79 Å². The molecule has 2 heteroatoms. The second kappa shape index (κ2) is 5.03. The van der Waals surface area contributed by atoms with E-state index in [-0.39, 0.29) is 10.8 Å². The van der Waals surface area contributed by atoms with Crippen molar-refractivity contribution in [3.63, 3.8) is 0 Å². The van der Waals surface area contributed by atoms with Crippen LogP contribution in [0, 0.1) is 22.2 Å². The highest BCUT2D eigenvalue weighted by molar-refractivity contribution is 5.86. The van der Waals surface area contributed by atoms with Gasteiger partial charge in [0, 0.05) is 13.1 Å². The molecule has 1 aliphatic carbocycles. The van der Waals surface area contributed by atoms with Gasteiger partial charge in [-0.1, -0.05) is 41.5 Å². The SMILES string of the molecule is CC(C)(C)CC1CCN(C(=O)C2(C(C)(C)C)CC2)CC1. The van der Waals surface area contributed by atoms with Crippen LogP contribution in [0.5, 0.6) is 0 Å². The van der Waals surface area contributed by atoms with Crippen molar-refractivity contribution in [1.29, 1.82) is 0 Å². The lowest BCUT2D eigenvalue weighted by Crippen LogP contribution is -2.46. The minimum Gasteiger partial charge on any atom is -0.342 e. The summed E-state index contributed by atoms with van der Waals surface area (Å²) in [7, 11) is 0. The molecule has 0 atom stereocenters. The lowest BCUT2D eigenvalue weighted by molar-refractivity contribution is -0.142. The van der Waals surface area contributed by atoms with Crippen molar-refractivity contribution in [3.8, 4) is 0 Å². The van der Waals surface area contributed by atoms with Crippen molar-refractivity contribution < 1.29 is 4.79 Å². The normalized spacial score (nSPS) is 23.8. The van der Waals surface area contributed by atoms with E-state index in [1.165, 1.54) is 19.3 Å². The molecule has 0 aromatic rings. The van der Waals surface area contributed by atoms with Crippen molar-refractivity contribution in [3.05, 3.63) is 0 Å². The summed E-state index contributed by atoms with van der Waals surface area (Å²) in [5, 5.41) is 0. The third kappa shape index (κ3) is 3.20. The molecule has 2 nitrogen and oxygen atoms in total. The Hall–Kier alpha value is -0.530. The molecule has 2 aliphatic rings. The molecular weight excluding hydrogens is 246 g/mol. The van der Waals surface area contributed by atoms with Gasteiger partial charge < -0.3 is 4.90 Å². The van der Waals surface area contributed by atoms with Crippen molar-refractivity contribution >= 4 is 5.91 Å². The number of hydrogen-bond donors (Lipinski definition) is 0. The molecular formula is C18H33NO. The third-order valence-corrected chi connectivity index (χ3v) is 5.40. The monoisotopic (exact) mass is 279 g/mol. The lowest BCUT2D eigenvalue weighted by Gasteiger charge is -2.39. The van der Waals surface area contributed by atoms with Crippen LogP contribution in [-0.4, -0.2) is 23.9 Å². The maximum Gasteiger partial charge on any atom is 0.229 e. The molecule has 2 rings (SSSR count). The van der Waals surface area contributed by atoms with Crippen molar-refractivity contribution in [2.45, 2.75) is 73.6 Å². The molecule has 0 spiro atoms. The smallest absolute Gasteiger partial charge is 0.229 e. The number of rotatable bonds is 2. The standard InChI is InChI=1S/C18H33NO/c1-16(2,3)13-14-7-11-19(12-8-14)15(20)18(9-10-18)17(4,5)6/h14H,7-13H2,1-6H3. The molecule has 2 fully saturated rings. The Bertz CT molecular complexity index is 360. The van der Waals surface area contributed by atoms with Gasteiger partial charge in [0.2, 0.25) is 5.91 Å². The molecule has 0 aromatic heterocycles. The van der Waals surface area contributed by atoms with Crippen LogP contribution >= 0.6 is 0 Å². The summed E-state index contributed by atoms with van der Waals surface area (Å²) in [5.41, 5.74) is 0.496. The number of carbonyl (C=O) groups excluding carboxylic acids is 1. The molecule has 0 radical (unpaired) electrons. The van der Waals surface area contributed by atoms with Crippen LogP contribution in [0.3, 0.4) is 0 Å². The Labute approximate surface area is 125 Å². The van der Waals surface area contributed by atoms with E-state index in [9.17, 15) is 4.79 Å². The van der Waals surface area contributed by atoms with Crippen LogP contribution in [0.25, 0.3) is 0 Å². The van der Waals surface area contributed by atoms with E-state index in [4.69, 9.17) is 0 Å². The van der Waals surface area contributed by atoms with Gasteiger partial charge in [0.15, 0.2) is 0 Å². The van der Waals surface area contributed by atoms with Crippen molar-refractivity contribution in [1.82, 2.24) is 4.90 Å². The van der Waals surface area contributed by atoms with Crippen LogP contribution in [0.15, 0.2) is 0 Å². The number of hydrogen-bond acceptors (Lipinski definition) is 1. The number of nitrogens with zero attached hydrogens (tertiary/aromatic N) is 1. The number of amides is 1. The molecule has 0 N–H and O–H groups in total. The summed E-state index contributed by atoms with van der Waals surface area (Å²) >= 11 is 0. The largest absolute Gasteiger partial charge is 0.342 e. The highest BCUT2D eigenvalue weighted by Gasteiger charge is 2.59. The number of likely N-dealkylation sites (tertiary alicyclic amines) is 1. The van der Waals surface area contributed by atoms with E-state index in [0.29, 0.717) is 11.3 Å². The molecule has 0 bridgehead atoms. The molecule has 1 saturated heterocycles. The molecule has 20 heavy (non-hydrogen) atoms. The summed E-state index contributed by atoms with van der Waals surface area (Å²) in [6, 6.07) is 0. The van der Waals surface area contributed by atoms with Gasteiger partial charge in [-0.05, 0) is 48.9 Å². The van der Waals surface area contributed by atoms with Gasteiger partial charge in [-0.25, -0.2) is 0 Å². The molecule has 0 aromatic carbocycles. The van der Waals surface area contributed by atoms with E-state index in [2.05, 4.69) is 46.4 Å². The molecule has 1 heterocycles. The predicted octanol–water partition coefficient (Wildman–Crippen LogP) is 4.49. The van der Waals surface area contributed by atoms with Crippen LogP contribution in [0.1, 0.15) is 73.6 Å². The quantitative estimate of drug-likeness (QED) is 0.729. The number of carbonyl (C=O) groups is 1. The minimum absolute atomic E-state index is 0.0378. The van der Waals surface area contributed by atoms with Gasteiger partial charge in [0.05, 0.1) is 5.41 Å². The minimum atomic E-state index is -0.0378. The molecule has 116 valence electrons. The summed E-state index contributed by atoms with van der Waals surface area (Å²) in [5.74, 6) is 1.25. The first kappa shape index (κ1) is 15.9. The van der Waals surface area contributed by atoms with Gasteiger partial charge in [0.1, 0.15) is 0 Å². The molecule has 1 saturated carbocycles. The van der Waals surface area contributed by atoms with E-state index in [1.54, 1.807) is 0 Å². The molecule has 0 unspecified atom stereocenters. The Balaban J connectivity index is 1.90. The second-order valence-electron chi connectivity index (χ2n) is 9.33. The fourth-order valence-electron chi connectivity index (χ4n) is 3.92. The van der Waals surface area contributed by atoms with Gasteiger partial charge >= 0.3 is 0 Å². The zero-order chi connectivity index (χ0) is 15.2. The van der Waals surface area contributed by atoms with Gasteiger partial charge in [0.25, 0.3) is 0 Å². The average molecular weight is 279 g/mol. The fourth-order valence-corrected chi connectivity index (χ4v) is 3.92. The molecule has 1 aliphatic heterocycles. The Kier molecular flexibility index (Phi) is 3.99. The fraction of sp³-hybridized carbons (Fsp3) is 0.944. The predicted molar refractivity (Wildman–Crippen MR) is 84.5 cm³/mol. The lowest BCUT2D eigenvalue weighted by atomic mass is 9.75. The van der Waals surface area contributed by atoms with E-state index >= 15 is 0 Å². The Morgan fingerprint density at radius 1 is 1.05 bits per heavy atom. The first-order valence-corrected chi connectivity index (χ1v) is 8.35. The van der Waals surface area contributed by atoms with Gasteiger partial charge in [-0.15, -0.1) is 0 Å². The number of piperidine rings is 1. The van der Waals surface area contributed by atoms with Crippen LogP contribution < -0.4 is 0 Å². The van der Waals surface area contributed by atoms with Crippen molar-refractivity contribution in [2.24, 2.45) is 22.2 Å². The third-order valence-electron chi connectivity index (χ3n) is 5.40. The van der Waals surface area contributed by atoms with Crippen molar-refractivity contribution in [2.75, 3.05) is 13.1 Å². The maximum atomic E-state index is 12.8. The zero-order valence-corrected chi connectivity index (χ0v) is 14.4. The van der Waals surface area contributed by atoms with E-state index in [1.807, 2.05) is 0 Å². The Morgan fingerprint density at radius 3 is 1.90 bits per heavy atom. The topological polar surface area (TPSA) is 20.3 Å². The molecule has 1 amide bonds. The first-order valence-electron chi connectivity index (χ1n) is 8.35. The van der Waals surface area contributed by atoms with Crippen LogP contribution in [0.2, 0.25) is 0 Å². The average Bonchev–Trinajstić information content (AvgIpc) is 3.07. The summed E-state index contributed by atoms with van der Waals surface area (Å²) in [6.45, 7) is 15.6. The Morgan fingerprint density at radius 2 is 1.55 bits per heavy atom. The first-order chi connectivity index (χ1) is 9.05. The summed E-state index contributed by atoms with van der Waals surface area (Å²) < 4.78 is 0. The summed E-state index contributed by atoms with van der Waals surface area (Å²) in [4.78, 5) is 15.0. The van der Waals surface area contributed by atoms with E-state index < -0.39 is 0 Å².